The first-order valence-corrected chi connectivity index (χ1v) is 7.64. The Kier molecular flexibility index (Phi) is 5.44. The van der Waals surface area contributed by atoms with Crippen molar-refractivity contribution in [1.29, 1.82) is 0 Å². The molecule has 20 heavy (non-hydrogen) atoms. The molecule has 1 unspecified atom stereocenters. The molecule has 1 aromatic heterocycles. The third-order valence-electron chi connectivity index (χ3n) is 3.25. The van der Waals surface area contributed by atoms with Gasteiger partial charge in [0, 0.05) is 22.9 Å². The first-order valence-electron chi connectivity index (χ1n) is 6.76. The topological polar surface area (TPSA) is 30.5 Å². The van der Waals surface area contributed by atoms with Gasteiger partial charge in [0.15, 0.2) is 0 Å². The third-order valence-corrected chi connectivity index (χ3v) is 4.15. The van der Waals surface area contributed by atoms with Crippen LogP contribution in [0.3, 0.4) is 0 Å². The van der Waals surface area contributed by atoms with Crippen molar-refractivity contribution in [2.75, 3.05) is 20.8 Å². The van der Waals surface area contributed by atoms with Crippen LogP contribution in [0, 0.1) is 0 Å². The molecule has 0 spiro atoms. The molecule has 0 amide bonds. The Bertz CT molecular complexity index is 525. The normalized spacial score (nSPS) is 12.2. The number of likely N-dealkylation sites (N-methyl/N-ethyl adjacent to an activating group) is 1. The number of hydrogen-bond donors (Lipinski definition) is 1. The number of hydrogen-bond acceptors (Lipinski definition) is 4. The highest BCUT2D eigenvalue weighted by Crippen LogP contribution is 2.32. The minimum absolute atomic E-state index is 0.226. The zero-order chi connectivity index (χ0) is 14.4. The molecule has 0 aliphatic rings. The SMILES string of the molecule is CCNC(Cc1cccs1)c1cc(OC)ccc1OC. The summed E-state index contributed by atoms with van der Waals surface area (Å²) in [6.45, 7) is 3.03. The zero-order valence-electron chi connectivity index (χ0n) is 12.2. The molecular formula is C16H21NO2S. The molecule has 108 valence electrons. The lowest BCUT2D eigenvalue weighted by Gasteiger charge is -2.21. The van der Waals surface area contributed by atoms with E-state index in [9.17, 15) is 0 Å². The fraction of sp³-hybridized carbons (Fsp3) is 0.375. The summed E-state index contributed by atoms with van der Waals surface area (Å²) in [6, 6.07) is 10.4. The van der Waals surface area contributed by atoms with Gasteiger partial charge in [-0.3, -0.25) is 0 Å². The van der Waals surface area contributed by atoms with Gasteiger partial charge in [-0.2, -0.15) is 0 Å². The van der Waals surface area contributed by atoms with Crippen molar-refractivity contribution >= 4 is 11.3 Å². The molecule has 1 N–H and O–H groups in total. The van der Waals surface area contributed by atoms with Gasteiger partial charge in [-0.25, -0.2) is 0 Å². The molecule has 1 atom stereocenters. The van der Waals surface area contributed by atoms with Crippen LogP contribution in [0.15, 0.2) is 35.7 Å². The monoisotopic (exact) mass is 291 g/mol. The molecule has 2 aromatic rings. The standard InChI is InChI=1S/C16H21NO2S/c1-4-17-15(11-13-6-5-9-20-13)14-10-12(18-2)7-8-16(14)19-3/h5-10,15,17H,4,11H2,1-3H3. The molecule has 1 aromatic carbocycles. The van der Waals surface area contributed by atoms with Crippen molar-refractivity contribution in [3.05, 3.63) is 46.2 Å². The summed E-state index contributed by atoms with van der Waals surface area (Å²) in [7, 11) is 3.40. The maximum absolute atomic E-state index is 5.50. The van der Waals surface area contributed by atoms with Gasteiger partial charge in [0.2, 0.25) is 0 Å². The lowest BCUT2D eigenvalue weighted by Crippen LogP contribution is -2.23. The van der Waals surface area contributed by atoms with Crippen molar-refractivity contribution < 1.29 is 9.47 Å². The van der Waals surface area contributed by atoms with E-state index in [0.717, 1.165) is 30.0 Å². The van der Waals surface area contributed by atoms with Gasteiger partial charge in [0.1, 0.15) is 11.5 Å². The molecule has 2 rings (SSSR count). The molecular weight excluding hydrogens is 270 g/mol. The van der Waals surface area contributed by atoms with Gasteiger partial charge < -0.3 is 14.8 Å². The highest BCUT2D eigenvalue weighted by atomic mass is 32.1. The highest BCUT2D eigenvalue weighted by Gasteiger charge is 2.17. The predicted octanol–water partition coefficient (Wildman–Crippen LogP) is 3.66. The lowest BCUT2D eigenvalue weighted by molar-refractivity contribution is 0.390. The van der Waals surface area contributed by atoms with Crippen LogP contribution in [0.25, 0.3) is 0 Å². The number of rotatable bonds is 7. The maximum atomic E-state index is 5.50. The maximum Gasteiger partial charge on any atom is 0.123 e. The molecule has 0 bridgehead atoms. The summed E-state index contributed by atoms with van der Waals surface area (Å²) in [5.74, 6) is 1.75. The molecule has 0 radical (unpaired) electrons. The molecule has 0 saturated carbocycles. The average Bonchev–Trinajstić information content (AvgIpc) is 2.99. The molecule has 0 saturated heterocycles. The van der Waals surface area contributed by atoms with Gasteiger partial charge in [0.25, 0.3) is 0 Å². The summed E-state index contributed by atoms with van der Waals surface area (Å²) in [5, 5.41) is 5.65. The number of ether oxygens (including phenoxy) is 2. The minimum atomic E-state index is 0.226. The van der Waals surface area contributed by atoms with E-state index in [1.807, 2.05) is 12.1 Å². The van der Waals surface area contributed by atoms with Crippen LogP contribution in [-0.2, 0) is 6.42 Å². The van der Waals surface area contributed by atoms with Crippen LogP contribution >= 0.6 is 11.3 Å². The Labute approximate surface area is 124 Å². The van der Waals surface area contributed by atoms with Crippen LogP contribution in [-0.4, -0.2) is 20.8 Å². The fourth-order valence-corrected chi connectivity index (χ4v) is 3.03. The van der Waals surface area contributed by atoms with E-state index < -0.39 is 0 Å². The summed E-state index contributed by atoms with van der Waals surface area (Å²) in [6.07, 6.45) is 0.953. The predicted molar refractivity (Wildman–Crippen MR) is 84.0 cm³/mol. The Morgan fingerprint density at radius 2 is 2.05 bits per heavy atom. The fourth-order valence-electron chi connectivity index (χ4n) is 2.28. The largest absolute Gasteiger partial charge is 0.497 e. The Balaban J connectivity index is 2.31. The lowest BCUT2D eigenvalue weighted by atomic mass is 10.0. The Morgan fingerprint density at radius 3 is 2.65 bits per heavy atom. The van der Waals surface area contributed by atoms with Crippen LogP contribution in [0.4, 0.5) is 0 Å². The van der Waals surface area contributed by atoms with Crippen LogP contribution in [0.5, 0.6) is 11.5 Å². The van der Waals surface area contributed by atoms with E-state index in [-0.39, 0.29) is 6.04 Å². The summed E-state index contributed by atoms with van der Waals surface area (Å²) >= 11 is 1.78. The van der Waals surface area contributed by atoms with Gasteiger partial charge >= 0.3 is 0 Å². The minimum Gasteiger partial charge on any atom is -0.497 e. The number of nitrogens with one attached hydrogen (secondary N) is 1. The Morgan fingerprint density at radius 1 is 1.20 bits per heavy atom. The van der Waals surface area contributed by atoms with Crippen LogP contribution in [0.1, 0.15) is 23.4 Å². The van der Waals surface area contributed by atoms with Crippen LogP contribution in [0.2, 0.25) is 0 Å². The first-order chi connectivity index (χ1) is 9.78. The number of methoxy groups -OCH3 is 2. The molecule has 4 heteroatoms. The number of benzene rings is 1. The van der Waals surface area contributed by atoms with E-state index in [1.165, 1.54) is 4.88 Å². The quantitative estimate of drug-likeness (QED) is 0.844. The second-order valence-corrected chi connectivity index (χ2v) is 5.53. The van der Waals surface area contributed by atoms with E-state index >= 15 is 0 Å². The molecule has 0 aliphatic heterocycles. The third kappa shape index (κ3) is 3.52. The van der Waals surface area contributed by atoms with Crippen molar-refractivity contribution in [2.24, 2.45) is 0 Å². The molecule has 3 nitrogen and oxygen atoms in total. The number of thiophene rings is 1. The summed E-state index contributed by atoms with van der Waals surface area (Å²) < 4.78 is 10.8. The second kappa shape index (κ2) is 7.31. The van der Waals surface area contributed by atoms with E-state index in [1.54, 1.807) is 25.6 Å². The van der Waals surface area contributed by atoms with Gasteiger partial charge in [0.05, 0.1) is 14.2 Å². The average molecular weight is 291 g/mol. The summed E-state index contributed by atoms with van der Waals surface area (Å²) in [4.78, 5) is 1.36. The smallest absolute Gasteiger partial charge is 0.123 e. The van der Waals surface area contributed by atoms with Crippen molar-refractivity contribution in [2.45, 2.75) is 19.4 Å². The molecule has 0 aliphatic carbocycles. The second-order valence-electron chi connectivity index (χ2n) is 4.50. The Hall–Kier alpha value is -1.52. The van der Waals surface area contributed by atoms with Gasteiger partial charge in [-0.15, -0.1) is 11.3 Å². The molecule has 1 heterocycles. The zero-order valence-corrected chi connectivity index (χ0v) is 13.0. The van der Waals surface area contributed by atoms with Crippen molar-refractivity contribution in [1.82, 2.24) is 5.32 Å². The highest BCUT2D eigenvalue weighted by molar-refractivity contribution is 7.09. The van der Waals surface area contributed by atoms with Crippen molar-refractivity contribution in [3.8, 4) is 11.5 Å². The van der Waals surface area contributed by atoms with Crippen molar-refractivity contribution in [3.63, 3.8) is 0 Å². The van der Waals surface area contributed by atoms with Crippen LogP contribution < -0.4 is 14.8 Å². The first kappa shape index (κ1) is 14.9. The van der Waals surface area contributed by atoms with Gasteiger partial charge in [-0.1, -0.05) is 13.0 Å². The van der Waals surface area contributed by atoms with E-state index in [0.29, 0.717) is 0 Å². The van der Waals surface area contributed by atoms with E-state index in [4.69, 9.17) is 9.47 Å². The summed E-state index contributed by atoms with van der Waals surface area (Å²) in [5.41, 5.74) is 1.14. The van der Waals surface area contributed by atoms with Gasteiger partial charge in [-0.05, 0) is 36.2 Å². The van der Waals surface area contributed by atoms with E-state index in [2.05, 4.69) is 35.8 Å². The molecule has 0 fully saturated rings.